The lowest BCUT2D eigenvalue weighted by molar-refractivity contribution is -0.137. The highest BCUT2D eigenvalue weighted by Crippen LogP contribution is 2.49. The van der Waals surface area contributed by atoms with Gasteiger partial charge in [0.05, 0.1) is 5.41 Å². The summed E-state index contributed by atoms with van der Waals surface area (Å²) in [4.78, 5) is 23.6. The number of allylic oxidation sites excluding steroid dienone is 1. The molecule has 0 saturated heterocycles. The summed E-state index contributed by atoms with van der Waals surface area (Å²) in [7, 11) is 0. The molecule has 0 unspecified atom stereocenters. The van der Waals surface area contributed by atoms with Gasteiger partial charge < -0.3 is 0 Å². The van der Waals surface area contributed by atoms with Gasteiger partial charge in [0.25, 0.3) is 0 Å². The van der Waals surface area contributed by atoms with E-state index in [0.717, 1.165) is 12.0 Å². The lowest BCUT2D eigenvalue weighted by Gasteiger charge is -2.29. The third-order valence-corrected chi connectivity index (χ3v) is 3.68. The molecule has 0 aromatic carbocycles. The highest BCUT2D eigenvalue weighted by atomic mass is 16.2. The number of carbonyl (C=O) groups excluding carboxylic acids is 2. The molecule has 0 amide bonds. The SMILES string of the molecule is C=C1CC[C@@]2(CC)C(=O)C[C@H]1C2=O. The molecule has 0 aromatic rings. The van der Waals surface area contributed by atoms with Crippen LogP contribution in [0.15, 0.2) is 12.2 Å². The summed E-state index contributed by atoms with van der Waals surface area (Å²) in [6.07, 6.45) is 2.66. The summed E-state index contributed by atoms with van der Waals surface area (Å²) in [6.45, 7) is 5.81. The Labute approximate surface area is 78.0 Å². The van der Waals surface area contributed by atoms with Gasteiger partial charge in [-0.1, -0.05) is 19.1 Å². The maximum absolute atomic E-state index is 11.9. The predicted octanol–water partition coefficient (Wildman–Crippen LogP) is 1.89. The van der Waals surface area contributed by atoms with E-state index >= 15 is 0 Å². The van der Waals surface area contributed by atoms with Crippen LogP contribution in [0.5, 0.6) is 0 Å². The second-order valence-electron chi connectivity index (χ2n) is 4.14. The molecular weight excluding hydrogens is 164 g/mol. The molecule has 0 aliphatic heterocycles. The van der Waals surface area contributed by atoms with E-state index in [1.54, 1.807) is 0 Å². The lowest BCUT2D eigenvalue weighted by atomic mass is 9.71. The summed E-state index contributed by atoms with van der Waals surface area (Å²) in [6, 6.07) is 0. The Hall–Kier alpha value is -0.920. The molecule has 2 aliphatic carbocycles. The third-order valence-electron chi connectivity index (χ3n) is 3.68. The van der Waals surface area contributed by atoms with Crippen molar-refractivity contribution in [3.8, 4) is 0 Å². The summed E-state index contributed by atoms with van der Waals surface area (Å²) >= 11 is 0. The van der Waals surface area contributed by atoms with Gasteiger partial charge in [-0.2, -0.15) is 0 Å². The van der Waals surface area contributed by atoms with Crippen LogP contribution in [0.1, 0.15) is 32.6 Å². The number of Topliss-reactive ketones (excluding diaryl/α,β-unsaturated/α-hetero) is 2. The zero-order valence-corrected chi connectivity index (χ0v) is 7.93. The molecule has 2 aliphatic rings. The Bertz CT molecular complexity index is 303. The third kappa shape index (κ3) is 0.888. The maximum atomic E-state index is 11.9. The Balaban J connectivity index is 2.45. The van der Waals surface area contributed by atoms with E-state index < -0.39 is 5.41 Å². The average Bonchev–Trinajstić information content (AvgIpc) is 2.27. The first-order valence-electron chi connectivity index (χ1n) is 4.87. The largest absolute Gasteiger partial charge is 0.299 e. The quantitative estimate of drug-likeness (QED) is 0.454. The Morgan fingerprint density at radius 1 is 1.54 bits per heavy atom. The molecule has 2 saturated carbocycles. The fraction of sp³-hybridized carbons (Fsp3) is 0.636. The Morgan fingerprint density at radius 3 is 2.85 bits per heavy atom. The number of rotatable bonds is 1. The smallest absolute Gasteiger partial charge is 0.153 e. The van der Waals surface area contributed by atoms with Crippen LogP contribution in [0, 0.1) is 11.3 Å². The number of fused-ring (bicyclic) bond motifs is 2. The van der Waals surface area contributed by atoms with Gasteiger partial charge in [0, 0.05) is 12.3 Å². The van der Waals surface area contributed by atoms with E-state index in [4.69, 9.17) is 0 Å². The second-order valence-corrected chi connectivity index (χ2v) is 4.14. The van der Waals surface area contributed by atoms with E-state index in [2.05, 4.69) is 6.58 Å². The van der Waals surface area contributed by atoms with Crippen LogP contribution in [0.25, 0.3) is 0 Å². The molecule has 70 valence electrons. The molecule has 2 heteroatoms. The predicted molar refractivity (Wildman–Crippen MR) is 49.2 cm³/mol. The van der Waals surface area contributed by atoms with Crippen LogP contribution in [0.3, 0.4) is 0 Å². The van der Waals surface area contributed by atoms with Crippen molar-refractivity contribution < 1.29 is 9.59 Å². The fourth-order valence-corrected chi connectivity index (χ4v) is 2.63. The summed E-state index contributed by atoms with van der Waals surface area (Å²) < 4.78 is 0. The van der Waals surface area contributed by atoms with Gasteiger partial charge in [-0.05, 0) is 19.3 Å². The standard InChI is InChI=1S/C11H14O2/c1-3-11-5-4-7(2)8(10(11)13)6-9(11)12/h8H,2-6H2,1H3/t8-,11+/m1/s1. The lowest BCUT2D eigenvalue weighted by Crippen LogP contribution is -2.36. The number of carbonyl (C=O) groups is 2. The number of hydrogen-bond donors (Lipinski definition) is 0. The molecule has 0 heterocycles. The summed E-state index contributed by atoms with van der Waals surface area (Å²) in [5.74, 6) is 0.168. The fourth-order valence-electron chi connectivity index (χ4n) is 2.63. The van der Waals surface area contributed by atoms with E-state index in [9.17, 15) is 9.59 Å². The second kappa shape index (κ2) is 2.53. The molecule has 13 heavy (non-hydrogen) atoms. The van der Waals surface area contributed by atoms with E-state index in [1.807, 2.05) is 6.92 Å². The highest BCUT2D eigenvalue weighted by molar-refractivity contribution is 6.15. The summed E-state index contributed by atoms with van der Waals surface area (Å²) in [5.41, 5.74) is 0.367. The average molecular weight is 178 g/mol. The van der Waals surface area contributed by atoms with Gasteiger partial charge in [-0.15, -0.1) is 0 Å². The van der Waals surface area contributed by atoms with Gasteiger partial charge in [0.2, 0.25) is 0 Å². The normalized spacial score (nSPS) is 38.5. The monoisotopic (exact) mass is 178 g/mol. The van der Waals surface area contributed by atoms with Crippen LogP contribution in [-0.4, -0.2) is 11.6 Å². The molecule has 2 fully saturated rings. The molecule has 2 rings (SSSR count). The van der Waals surface area contributed by atoms with Gasteiger partial charge >= 0.3 is 0 Å². The molecule has 2 bridgehead atoms. The van der Waals surface area contributed by atoms with E-state index in [0.29, 0.717) is 19.3 Å². The van der Waals surface area contributed by atoms with Gasteiger partial charge in [0.1, 0.15) is 5.78 Å². The Morgan fingerprint density at radius 2 is 2.23 bits per heavy atom. The minimum absolute atomic E-state index is 0.138. The zero-order chi connectivity index (χ0) is 9.64. The van der Waals surface area contributed by atoms with Crippen LogP contribution < -0.4 is 0 Å². The van der Waals surface area contributed by atoms with Crippen molar-refractivity contribution in [2.45, 2.75) is 32.6 Å². The maximum Gasteiger partial charge on any atom is 0.153 e. The highest BCUT2D eigenvalue weighted by Gasteiger charge is 2.56. The molecule has 0 spiro atoms. The molecular formula is C11H14O2. The van der Waals surface area contributed by atoms with Crippen LogP contribution in [-0.2, 0) is 9.59 Å². The van der Waals surface area contributed by atoms with Crippen molar-refractivity contribution in [3.05, 3.63) is 12.2 Å². The molecule has 0 N–H and O–H groups in total. The first-order chi connectivity index (χ1) is 6.12. The first kappa shape index (κ1) is 8.67. The van der Waals surface area contributed by atoms with Crippen molar-refractivity contribution >= 4 is 11.6 Å². The van der Waals surface area contributed by atoms with Gasteiger partial charge in [-0.25, -0.2) is 0 Å². The van der Waals surface area contributed by atoms with Gasteiger partial charge in [-0.3, -0.25) is 9.59 Å². The van der Waals surface area contributed by atoms with Crippen molar-refractivity contribution in [2.24, 2.45) is 11.3 Å². The Kier molecular flexibility index (Phi) is 1.69. The van der Waals surface area contributed by atoms with Gasteiger partial charge in [0.15, 0.2) is 5.78 Å². The van der Waals surface area contributed by atoms with Crippen LogP contribution >= 0.6 is 0 Å². The van der Waals surface area contributed by atoms with Crippen LogP contribution in [0.2, 0.25) is 0 Å². The minimum Gasteiger partial charge on any atom is -0.299 e. The zero-order valence-electron chi connectivity index (χ0n) is 7.93. The summed E-state index contributed by atoms with van der Waals surface area (Å²) in [5, 5.41) is 0. The molecule has 0 radical (unpaired) electrons. The van der Waals surface area contributed by atoms with Crippen molar-refractivity contribution in [1.82, 2.24) is 0 Å². The molecule has 0 aromatic heterocycles. The van der Waals surface area contributed by atoms with E-state index in [-0.39, 0.29) is 17.5 Å². The number of hydrogen-bond acceptors (Lipinski definition) is 2. The van der Waals surface area contributed by atoms with Crippen LogP contribution in [0.4, 0.5) is 0 Å². The van der Waals surface area contributed by atoms with Crippen molar-refractivity contribution in [2.75, 3.05) is 0 Å². The minimum atomic E-state index is -0.605. The topological polar surface area (TPSA) is 34.1 Å². The first-order valence-corrected chi connectivity index (χ1v) is 4.87. The molecule has 2 nitrogen and oxygen atoms in total. The number of ketones is 2. The van der Waals surface area contributed by atoms with Crippen molar-refractivity contribution in [3.63, 3.8) is 0 Å². The van der Waals surface area contributed by atoms with E-state index in [1.165, 1.54) is 0 Å². The van der Waals surface area contributed by atoms with Crippen molar-refractivity contribution in [1.29, 1.82) is 0 Å². The molecule has 2 atom stereocenters.